The Kier molecular flexibility index (Phi) is 5.35. The Labute approximate surface area is 80.9 Å². The molecule has 0 bridgehead atoms. The number of hydrogen-bond acceptors (Lipinski definition) is 3. The fourth-order valence-electron chi connectivity index (χ4n) is 2.07. The van der Waals surface area contributed by atoms with Gasteiger partial charge in [0.05, 0.1) is 0 Å². The predicted molar refractivity (Wildman–Crippen MR) is 54.6 cm³/mol. The van der Waals surface area contributed by atoms with Crippen molar-refractivity contribution < 1.29 is 5.11 Å². The maximum absolute atomic E-state index is 8.77. The molecule has 1 aliphatic heterocycles. The number of aliphatic hydroxyl groups excluding tert-OH is 1. The fraction of sp³-hybridized carbons (Fsp3) is 1.00. The zero-order valence-electron chi connectivity index (χ0n) is 8.41. The van der Waals surface area contributed by atoms with E-state index in [1.54, 1.807) is 0 Å². The van der Waals surface area contributed by atoms with Gasteiger partial charge in [-0.25, -0.2) is 0 Å². The Morgan fingerprint density at radius 3 is 2.85 bits per heavy atom. The van der Waals surface area contributed by atoms with E-state index in [1.165, 1.54) is 32.2 Å². The Balaban J connectivity index is 2.34. The molecule has 0 aromatic carbocycles. The molecule has 3 nitrogen and oxygen atoms in total. The van der Waals surface area contributed by atoms with Gasteiger partial charge in [-0.1, -0.05) is 12.8 Å². The van der Waals surface area contributed by atoms with Crippen molar-refractivity contribution in [3.05, 3.63) is 0 Å². The van der Waals surface area contributed by atoms with Crippen molar-refractivity contribution in [1.82, 2.24) is 4.90 Å². The van der Waals surface area contributed by atoms with E-state index in [9.17, 15) is 0 Å². The van der Waals surface area contributed by atoms with Crippen LogP contribution in [-0.4, -0.2) is 42.3 Å². The van der Waals surface area contributed by atoms with E-state index in [0.29, 0.717) is 12.6 Å². The van der Waals surface area contributed by atoms with Crippen LogP contribution in [0.4, 0.5) is 0 Å². The van der Waals surface area contributed by atoms with Gasteiger partial charge >= 0.3 is 0 Å². The lowest BCUT2D eigenvalue weighted by Crippen LogP contribution is -2.40. The molecule has 0 saturated carbocycles. The van der Waals surface area contributed by atoms with Gasteiger partial charge in [0, 0.05) is 25.7 Å². The molecular weight excluding hydrogens is 164 g/mol. The minimum atomic E-state index is 0.299. The van der Waals surface area contributed by atoms with E-state index in [1.807, 2.05) is 0 Å². The van der Waals surface area contributed by atoms with Gasteiger partial charge in [-0.3, -0.25) is 4.90 Å². The van der Waals surface area contributed by atoms with Gasteiger partial charge in [-0.15, -0.1) is 0 Å². The maximum Gasteiger partial charge on any atom is 0.0443 e. The Morgan fingerprint density at radius 2 is 2.15 bits per heavy atom. The van der Waals surface area contributed by atoms with Crippen LogP contribution in [0.1, 0.15) is 32.1 Å². The zero-order chi connectivity index (χ0) is 9.52. The first-order chi connectivity index (χ1) is 6.38. The second-order valence-electron chi connectivity index (χ2n) is 3.85. The van der Waals surface area contributed by atoms with Crippen molar-refractivity contribution in [2.45, 2.75) is 38.1 Å². The molecule has 1 saturated heterocycles. The van der Waals surface area contributed by atoms with E-state index in [2.05, 4.69) is 4.90 Å². The summed E-state index contributed by atoms with van der Waals surface area (Å²) in [7, 11) is 0. The summed E-state index contributed by atoms with van der Waals surface area (Å²) in [6.07, 6.45) is 6.07. The molecule has 1 unspecified atom stereocenters. The van der Waals surface area contributed by atoms with E-state index in [-0.39, 0.29) is 0 Å². The van der Waals surface area contributed by atoms with Crippen molar-refractivity contribution in [3.8, 4) is 0 Å². The molecule has 0 spiro atoms. The number of nitrogens with zero attached hydrogens (tertiary/aromatic N) is 1. The average Bonchev–Trinajstić information content (AvgIpc) is 2.39. The molecule has 0 aromatic heterocycles. The van der Waals surface area contributed by atoms with Gasteiger partial charge in [-0.2, -0.15) is 0 Å². The summed E-state index contributed by atoms with van der Waals surface area (Å²) in [5.41, 5.74) is 5.73. The smallest absolute Gasteiger partial charge is 0.0443 e. The van der Waals surface area contributed by atoms with Crippen LogP contribution in [0.25, 0.3) is 0 Å². The number of rotatable bonds is 4. The van der Waals surface area contributed by atoms with E-state index in [4.69, 9.17) is 10.8 Å². The van der Waals surface area contributed by atoms with Crippen molar-refractivity contribution in [1.29, 1.82) is 0 Å². The second kappa shape index (κ2) is 6.35. The molecule has 0 aliphatic carbocycles. The van der Waals surface area contributed by atoms with Crippen LogP contribution in [0.5, 0.6) is 0 Å². The number of nitrogens with two attached hydrogens (primary N) is 1. The van der Waals surface area contributed by atoms with Crippen molar-refractivity contribution in [2.75, 3.05) is 26.2 Å². The van der Waals surface area contributed by atoms with Gasteiger partial charge in [0.1, 0.15) is 0 Å². The van der Waals surface area contributed by atoms with E-state index in [0.717, 1.165) is 19.5 Å². The highest BCUT2D eigenvalue weighted by Gasteiger charge is 2.18. The maximum atomic E-state index is 8.77. The summed E-state index contributed by atoms with van der Waals surface area (Å²) < 4.78 is 0. The Bertz CT molecular complexity index is 130. The van der Waals surface area contributed by atoms with E-state index < -0.39 is 0 Å². The average molecular weight is 186 g/mol. The first-order valence-corrected chi connectivity index (χ1v) is 5.43. The standard InChI is InChI=1S/C10H22N2O/c11-9-10-5-2-1-3-6-12(10)7-4-8-13/h10,13H,1-9,11H2. The third kappa shape index (κ3) is 3.63. The lowest BCUT2D eigenvalue weighted by Gasteiger charge is -2.28. The molecule has 1 heterocycles. The van der Waals surface area contributed by atoms with Crippen molar-refractivity contribution in [2.24, 2.45) is 5.73 Å². The minimum Gasteiger partial charge on any atom is -0.396 e. The lowest BCUT2D eigenvalue weighted by atomic mass is 10.1. The second-order valence-corrected chi connectivity index (χ2v) is 3.85. The minimum absolute atomic E-state index is 0.299. The summed E-state index contributed by atoms with van der Waals surface area (Å²) in [6, 6.07) is 0.564. The lowest BCUT2D eigenvalue weighted by molar-refractivity contribution is 0.180. The molecule has 1 rings (SSSR count). The summed E-state index contributed by atoms with van der Waals surface area (Å²) in [5.74, 6) is 0. The molecule has 3 heteroatoms. The normalized spacial score (nSPS) is 25.8. The van der Waals surface area contributed by atoms with E-state index >= 15 is 0 Å². The van der Waals surface area contributed by atoms with Crippen LogP contribution in [0.2, 0.25) is 0 Å². The number of hydrogen-bond donors (Lipinski definition) is 2. The number of likely N-dealkylation sites (tertiary alicyclic amines) is 1. The Morgan fingerprint density at radius 1 is 1.31 bits per heavy atom. The van der Waals surface area contributed by atoms with Crippen molar-refractivity contribution in [3.63, 3.8) is 0 Å². The molecule has 1 fully saturated rings. The quantitative estimate of drug-likeness (QED) is 0.675. The summed E-state index contributed by atoms with van der Waals surface area (Å²) in [5, 5.41) is 8.77. The van der Waals surface area contributed by atoms with Gasteiger partial charge in [-0.05, 0) is 25.8 Å². The summed E-state index contributed by atoms with van der Waals surface area (Å²) >= 11 is 0. The third-order valence-electron chi connectivity index (χ3n) is 2.87. The van der Waals surface area contributed by atoms with Crippen LogP contribution in [0, 0.1) is 0 Å². The topological polar surface area (TPSA) is 49.5 Å². The molecule has 78 valence electrons. The molecule has 13 heavy (non-hydrogen) atoms. The van der Waals surface area contributed by atoms with Crippen LogP contribution in [-0.2, 0) is 0 Å². The van der Waals surface area contributed by atoms with Crippen LogP contribution >= 0.6 is 0 Å². The molecular formula is C10H22N2O. The molecule has 0 radical (unpaired) electrons. The van der Waals surface area contributed by atoms with Gasteiger partial charge in [0.15, 0.2) is 0 Å². The van der Waals surface area contributed by atoms with Crippen molar-refractivity contribution >= 4 is 0 Å². The highest BCUT2D eigenvalue weighted by molar-refractivity contribution is 4.75. The molecule has 1 atom stereocenters. The zero-order valence-corrected chi connectivity index (χ0v) is 8.41. The monoisotopic (exact) mass is 186 g/mol. The predicted octanol–water partition coefficient (Wildman–Crippen LogP) is 0.572. The van der Waals surface area contributed by atoms with Crippen LogP contribution in [0.15, 0.2) is 0 Å². The summed E-state index contributed by atoms with van der Waals surface area (Å²) in [6.45, 7) is 3.25. The van der Waals surface area contributed by atoms with Gasteiger partial charge in [0.2, 0.25) is 0 Å². The number of aliphatic hydroxyl groups is 1. The third-order valence-corrected chi connectivity index (χ3v) is 2.87. The Hall–Kier alpha value is -0.120. The SMILES string of the molecule is NCC1CCCCCN1CCCO. The van der Waals surface area contributed by atoms with Gasteiger partial charge in [0.25, 0.3) is 0 Å². The molecule has 3 N–H and O–H groups in total. The molecule has 0 aromatic rings. The highest BCUT2D eigenvalue weighted by atomic mass is 16.3. The first-order valence-electron chi connectivity index (χ1n) is 5.43. The largest absolute Gasteiger partial charge is 0.396 e. The summed E-state index contributed by atoms with van der Waals surface area (Å²) in [4.78, 5) is 2.45. The highest BCUT2D eigenvalue weighted by Crippen LogP contribution is 2.15. The van der Waals surface area contributed by atoms with Gasteiger partial charge < -0.3 is 10.8 Å². The fourth-order valence-corrected chi connectivity index (χ4v) is 2.07. The van der Waals surface area contributed by atoms with Crippen LogP contribution in [0.3, 0.4) is 0 Å². The van der Waals surface area contributed by atoms with Crippen LogP contribution < -0.4 is 5.73 Å². The molecule has 0 amide bonds. The first kappa shape index (κ1) is 11.0. The molecule has 1 aliphatic rings.